The van der Waals surface area contributed by atoms with Crippen LogP contribution in [0.3, 0.4) is 0 Å². The predicted octanol–water partition coefficient (Wildman–Crippen LogP) is 2.58. The third kappa shape index (κ3) is 4.00. The molecule has 6 heteroatoms. The molecule has 6 nitrogen and oxygen atoms in total. The van der Waals surface area contributed by atoms with Crippen molar-refractivity contribution in [2.24, 2.45) is 5.92 Å². The van der Waals surface area contributed by atoms with Crippen molar-refractivity contribution in [1.29, 1.82) is 5.26 Å². The Hall–Kier alpha value is -2.62. The molecule has 1 fully saturated rings. The molecule has 2 N–H and O–H groups in total. The standard InChI is InChI=1S/C24H31N5O/c1-17(2)8-9-19-18(3)20(16-25)24-27-21-6-4-5-7-22(21)29(24)23(19)26-10-11-28-12-14-30-15-13-28/h4-7,17,26H,8-15H2,1-3H3/p+1. The van der Waals surface area contributed by atoms with E-state index in [1.165, 1.54) is 5.56 Å². The Morgan fingerprint density at radius 2 is 2.03 bits per heavy atom. The predicted molar refractivity (Wildman–Crippen MR) is 120 cm³/mol. The number of ether oxygens (including phenoxy) is 1. The maximum absolute atomic E-state index is 9.94. The Kier molecular flexibility index (Phi) is 6.21. The third-order valence-electron chi connectivity index (χ3n) is 6.18. The summed E-state index contributed by atoms with van der Waals surface area (Å²) in [5.41, 5.74) is 5.72. The minimum absolute atomic E-state index is 0.607. The van der Waals surface area contributed by atoms with E-state index >= 15 is 0 Å². The molecule has 1 aromatic carbocycles. The first-order valence-electron chi connectivity index (χ1n) is 11.1. The molecule has 3 aromatic rings. The van der Waals surface area contributed by atoms with Crippen molar-refractivity contribution in [1.82, 2.24) is 9.38 Å². The van der Waals surface area contributed by atoms with Gasteiger partial charge in [0, 0.05) is 0 Å². The quantitative estimate of drug-likeness (QED) is 0.633. The number of rotatable bonds is 7. The molecular formula is C24H32N5O+. The zero-order valence-corrected chi connectivity index (χ0v) is 18.3. The van der Waals surface area contributed by atoms with E-state index in [9.17, 15) is 5.26 Å². The summed E-state index contributed by atoms with van der Waals surface area (Å²) in [6.45, 7) is 12.3. The van der Waals surface area contributed by atoms with Gasteiger partial charge in [-0.15, -0.1) is 0 Å². The highest BCUT2D eigenvalue weighted by atomic mass is 16.5. The average molecular weight is 407 g/mol. The number of pyridine rings is 1. The molecule has 158 valence electrons. The van der Waals surface area contributed by atoms with Gasteiger partial charge >= 0.3 is 0 Å². The number of imidazole rings is 1. The van der Waals surface area contributed by atoms with Gasteiger partial charge in [0.25, 0.3) is 0 Å². The Balaban J connectivity index is 1.79. The Morgan fingerprint density at radius 1 is 1.27 bits per heavy atom. The van der Waals surface area contributed by atoms with Crippen LogP contribution in [0.1, 0.15) is 37.0 Å². The monoisotopic (exact) mass is 406 g/mol. The zero-order chi connectivity index (χ0) is 21.1. The van der Waals surface area contributed by atoms with Crippen molar-refractivity contribution in [3.05, 3.63) is 41.0 Å². The molecule has 1 aliphatic heterocycles. The Bertz CT molecular complexity index is 1070. The van der Waals surface area contributed by atoms with Crippen molar-refractivity contribution >= 4 is 22.5 Å². The van der Waals surface area contributed by atoms with Gasteiger partial charge in [0.15, 0.2) is 5.65 Å². The highest BCUT2D eigenvalue weighted by Gasteiger charge is 2.21. The highest BCUT2D eigenvalue weighted by Crippen LogP contribution is 2.32. The fourth-order valence-electron chi connectivity index (χ4n) is 4.38. The second kappa shape index (κ2) is 9.03. The van der Waals surface area contributed by atoms with Gasteiger partial charge in [0.05, 0.1) is 42.9 Å². The molecule has 0 unspecified atom stereocenters. The first kappa shape index (κ1) is 20.6. The van der Waals surface area contributed by atoms with Gasteiger partial charge in [-0.25, -0.2) is 4.98 Å². The number of quaternary nitrogens is 1. The molecule has 3 heterocycles. The minimum Gasteiger partial charge on any atom is -0.370 e. The SMILES string of the molecule is Cc1c(CCC(C)C)c(NCC[NH+]2CCOCC2)n2c(nc3ccccc32)c1C#N. The van der Waals surface area contributed by atoms with Crippen molar-refractivity contribution in [3.8, 4) is 6.07 Å². The Morgan fingerprint density at radius 3 is 2.77 bits per heavy atom. The topological polar surface area (TPSA) is 66.8 Å². The number of benzene rings is 1. The lowest BCUT2D eigenvalue weighted by atomic mass is 9.97. The molecule has 0 bridgehead atoms. The van der Waals surface area contributed by atoms with Crippen LogP contribution in [-0.4, -0.2) is 48.8 Å². The lowest BCUT2D eigenvalue weighted by Crippen LogP contribution is -3.14. The van der Waals surface area contributed by atoms with Crippen molar-refractivity contribution in [3.63, 3.8) is 0 Å². The second-order valence-electron chi connectivity index (χ2n) is 8.67. The van der Waals surface area contributed by atoms with Gasteiger partial charge in [-0.05, 0) is 48.9 Å². The molecule has 2 aromatic heterocycles. The van der Waals surface area contributed by atoms with Gasteiger partial charge in [-0.3, -0.25) is 4.40 Å². The molecule has 0 amide bonds. The van der Waals surface area contributed by atoms with Gasteiger partial charge in [0.2, 0.25) is 0 Å². The van der Waals surface area contributed by atoms with Crippen LogP contribution in [0, 0.1) is 24.2 Å². The maximum atomic E-state index is 9.94. The third-order valence-corrected chi connectivity index (χ3v) is 6.18. The van der Waals surface area contributed by atoms with Crippen molar-refractivity contribution in [2.75, 3.05) is 44.7 Å². The molecular weight excluding hydrogens is 374 g/mol. The fraction of sp³-hybridized carbons (Fsp3) is 0.500. The number of nitrogens with zero attached hydrogens (tertiary/aromatic N) is 3. The van der Waals surface area contributed by atoms with E-state index in [1.807, 2.05) is 18.2 Å². The number of fused-ring (bicyclic) bond motifs is 3. The van der Waals surface area contributed by atoms with E-state index in [-0.39, 0.29) is 0 Å². The molecule has 0 radical (unpaired) electrons. The van der Waals surface area contributed by atoms with Crippen LogP contribution in [0.25, 0.3) is 16.7 Å². The number of nitrogens with one attached hydrogen (secondary N) is 2. The van der Waals surface area contributed by atoms with Crippen LogP contribution >= 0.6 is 0 Å². The molecule has 1 saturated heterocycles. The number of aromatic nitrogens is 2. The summed E-state index contributed by atoms with van der Waals surface area (Å²) in [6, 6.07) is 10.6. The van der Waals surface area contributed by atoms with Crippen LogP contribution in [-0.2, 0) is 11.2 Å². The Labute approximate surface area is 178 Å². The van der Waals surface area contributed by atoms with Crippen LogP contribution in [0.2, 0.25) is 0 Å². The number of morpholine rings is 1. The minimum atomic E-state index is 0.607. The summed E-state index contributed by atoms with van der Waals surface area (Å²) >= 11 is 0. The molecule has 30 heavy (non-hydrogen) atoms. The molecule has 4 rings (SSSR count). The smallest absolute Gasteiger partial charge is 0.157 e. The van der Waals surface area contributed by atoms with E-state index in [4.69, 9.17) is 9.72 Å². The first-order chi connectivity index (χ1) is 14.6. The molecule has 0 aliphatic carbocycles. The lowest BCUT2D eigenvalue weighted by molar-refractivity contribution is -0.906. The number of para-hydroxylation sites is 2. The number of nitriles is 1. The van der Waals surface area contributed by atoms with E-state index in [0.29, 0.717) is 11.5 Å². The maximum Gasteiger partial charge on any atom is 0.157 e. The molecule has 0 atom stereocenters. The summed E-state index contributed by atoms with van der Waals surface area (Å²) in [4.78, 5) is 6.40. The van der Waals surface area contributed by atoms with E-state index in [0.717, 1.165) is 80.3 Å². The van der Waals surface area contributed by atoms with Crippen LogP contribution in [0.5, 0.6) is 0 Å². The summed E-state index contributed by atoms with van der Waals surface area (Å²) in [5, 5.41) is 13.7. The first-order valence-corrected chi connectivity index (χ1v) is 11.1. The molecule has 0 saturated carbocycles. The summed E-state index contributed by atoms with van der Waals surface area (Å²) in [6.07, 6.45) is 2.04. The number of anilines is 1. The van der Waals surface area contributed by atoms with Crippen LogP contribution < -0.4 is 10.2 Å². The molecule has 1 aliphatic rings. The summed E-state index contributed by atoms with van der Waals surface area (Å²) in [7, 11) is 0. The summed E-state index contributed by atoms with van der Waals surface area (Å²) in [5.74, 6) is 1.71. The fourth-order valence-corrected chi connectivity index (χ4v) is 4.38. The number of hydrogen-bond donors (Lipinski definition) is 2. The van der Waals surface area contributed by atoms with E-state index < -0.39 is 0 Å². The van der Waals surface area contributed by atoms with E-state index in [1.54, 1.807) is 4.90 Å². The number of hydrogen-bond acceptors (Lipinski definition) is 4. The van der Waals surface area contributed by atoms with Crippen LogP contribution in [0.4, 0.5) is 5.82 Å². The lowest BCUT2D eigenvalue weighted by Gasteiger charge is -2.25. The van der Waals surface area contributed by atoms with Gasteiger partial charge < -0.3 is 15.0 Å². The van der Waals surface area contributed by atoms with Gasteiger partial charge in [0.1, 0.15) is 25.0 Å². The highest BCUT2D eigenvalue weighted by molar-refractivity contribution is 5.86. The zero-order valence-electron chi connectivity index (χ0n) is 18.3. The van der Waals surface area contributed by atoms with Gasteiger partial charge in [-0.1, -0.05) is 26.0 Å². The van der Waals surface area contributed by atoms with E-state index in [2.05, 4.69) is 42.6 Å². The van der Waals surface area contributed by atoms with Crippen molar-refractivity contribution < 1.29 is 9.64 Å². The summed E-state index contributed by atoms with van der Waals surface area (Å²) < 4.78 is 7.66. The van der Waals surface area contributed by atoms with Crippen LogP contribution in [0.15, 0.2) is 24.3 Å². The van der Waals surface area contributed by atoms with Crippen molar-refractivity contribution in [2.45, 2.75) is 33.6 Å². The normalized spacial score (nSPS) is 15.2. The largest absolute Gasteiger partial charge is 0.370 e. The van der Waals surface area contributed by atoms with Gasteiger partial charge in [-0.2, -0.15) is 5.26 Å². The second-order valence-corrected chi connectivity index (χ2v) is 8.67. The molecule has 0 spiro atoms. The average Bonchev–Trinajstić information content (AvgIpc) is 3.13.